The van der Waals surface area contributed by atoms with Gasteiger partial charge in [-0.2, -0.15) is 0 Å². The number of ketones is 1. The fourth-order valence-electron chi connectivity index (χ4n) is 4.65. The molecule has 3 aromatic rings. The molecule has 0 bridgehead atoms. The van der Waals surface area contributed by atoms with E-state index in [1.54, 1.807) is 12.3 Å². The highest BCUT2D eigenvalue weighted by atomic mass is 19.3. The van der Waals surface area contributed by atoms with Crippen LogP contribution in [0.15, 0.2) is 42.7 Å². The molecule has 34 heavy (non-hydrogen) atoms. The predicted molar refractivity (Wildman–Crippen MR) is 120 cm³/mol. The lowest BCUT2D eigenvalue weighted by Gasteiger charge is -2.15. The molecular weight excluding hydrogens is 443 g/mol. The zero-order valence-electron chi connectivity index (χ0n) is 18.7. The molecule has 5 rings (SSSR count). The largest absolute Gasteiger partial charge is 0.324 e. The highest BCUT2D eigenvalue weighted by molar-refractivity contribution is 5.99. The maximum absolute atomic E-state index is 14.8. The van der Waals surface area contributed by atoms with Gasteiger partial charge < -0.3 is 5.32 Å². The lowest BCUT2D eigenvalue weighted by atomic mass is 9.95. The Morgan fingerprint density at radius 1 is 1.12 bits per heavy atom. The number of rotatable bonds is 5. The number of anilines is 1. The molecule has 0 aliphatic heterocycles. The smallest absolute Gasteiger partial charge is 0.272 e. The summed E-state index contributed by atoms with van der Waals surface area (Å²) in [4.78, 5) is 33.1. The van der Waals surface area contributed by atoms with Crippen LogP contribution in [0.4, 0.5) is 18.9 Å². The summed E-state index contributed by atoms with van der Waals surface area (Å²) in [6, 6.07) is 7.67. The van der Waals surface area contributed by atoms with Gasteiger partial charge in [-0.25, -0.2) is 13.2 Å². The molecular formula is C26H22F3N3O2. The van der Waals surface area contributed by atoms with Crippen LogP contribution in [0.1, 0.15) is 47.8 Å². The highest BCUT2D eigenvalue weighted by Gasteiger charge is 2.56. The van der Waals surface area contributed by atoms with Crippen molar-refractivity contribution in [3.05, 3.63) is 76.6 Å². The standard InChI is InChI=1S/C26H22F3N3O2/c1-14-19(25(2,28)29)10-18(13-30-14)32-24(34)9-16-4-3-15(8-21(16)27)17-7-20-22(31-12-17)11-23(33)26(20)5-6-26/h3-4,7-8,10,12-13H,5-6,9,11H2,1-2H3,(H,32,34). The molecule has 1 aromatic carbocycles. The summed E-state index contributed by atoms with van der Waals surface area (Å²) in [5, 5.41) is 2.51. The molecule has 0 radical (unpaired) electrons. The molecule has 0 atom stereocenters. The molecule has 1 fully saturated rings. The second-order valence-electron chi connectivity index (χ2n) is 9.18. The zero-order chi connectivity index (χ0) is 24.3. The van der Waals surface area contributed by atoms with Crippen molar-refractivity contribution in [2.75, 3.05) is 5.32 Å². The van der Waals surface area contributed by atoms with Gasteiger partial charge in [-0.05, 0) is 54.7 Å². The van der Waals surface area contributed by atoms with Crippen molar-refractivity contribution in [3.8, 4) is 11.1 Å². The van der Waals surface area contributed by atoms with E-state index in [-0.39, 0.29) is 40.1 Å². The van der Waals surface area contributed by atoms with Gasteiger partial charge in [-0.1, -0.05) is 12.1 Å². The van der Waals surface area contributed by atoms with Crippen LogP contribution >= 0.6 is 0 Å². The summed E-state index contributed by atoms with van der Waals surface area (Å²) >= 11 is 0. The van der Waals surface area contributed by atoms with Crippen molar-refractivity contribution in [3.63, 3.8) is 0 Å². The van der Waals surface area contributed by atoms with Crippen molar-refractivity contribution in [1.82, 2.24) is 9.97 Å². The summed E-state index contributed by atoms with van der Waals surface area (Å²) in [5.41, 5.74) is 2.86. The van der Waals surface area contributed by atoms with E-state index < -0.39 is 17.6 Å². The van der Waals surface area contributed by atoms with Gasteiger partial charge in [0.15, 0.2) is 0 Å². The minimum Gasteiger partial charge on any atom is -0.324 e. The van der Waals surface area contributed by atoms with E-state index in [0.29, 0.717) is 17.5 Å². The predicted octanol–water partition coefficient (Wildman–Crippen LogP) is 5.04. The maximum Gasteiger partial charge on any atom is 0.272 e. The van der Waals surface area contributed by atoms with E-state index in [0.717, 1.165) is 31.0 Å². The van der Waals surface area contributed by atoms with Crippen molar-refractivity contribution in [2.45, 2.75) is 50.9 Å². The SMILES string of the molecule is Cc1ncc(NC(=O)Cc2ccc(-c3cnc4c(c3)C3(CC3)C(=O)C4)cc2F)cc1C(C)(F)F. The minimum atomic E-state index is -3.10. The normalized spacial score (nSPS) is 16.0. The monoisotopic (exact) mass is 465 g/mol. The van der Waals surface area contributed by atoms with E-state index in [4.69, 9.17) is 0 Å². The van der Waals surface area contributed by atoms with Crippen molar-refractivity contribution >= 4 is 17.4 Å². The number of fused-ring (bicyclic) bond motifs is 2. The van der Waals surface area contributed by atoms with Gasteiger partial charge in [0.2, 0.25) is 5.91 Å². The summed E-state index contributed by atoms with van der Waals surface area (Å²) in [6.07, 6.45) is 4.69. The molecule has 174 valence electrons. The van der Waals surface area contributed by atoms with Gasteiger partial charge in [-0.3, -0.25) is 19.6 Å². The van der Waals surface area contributed by atoms with Gasteiger partial charge >= 0.3 is 0 Å². The van der Waals surface area contributed by atoms with Gasteiger partial charge in [0.1, 0.15) is 11.6 Å². The fraction of sp³-hybridized carbons (Fsp3) is 0.308. The number of aryl methyl sites for hydroxylation is 1. The Hall–Kier alpha value is -3.55. The van der Waals surface area contributed by atoms with Crippen LogP contribution in [0.2, 0.25) is 0 Å². The third-order valence-corrected chi connectivity index (χ3v) is 6.68. The average molecular weight is 465 g/mol. The molecule has 1 spiro atoms. The molecule has 0 unspecified atom stereocenters. The quantitative estimate of drug-likeness (QED) is 0.573. The summed E-state index contributed by atoms with van der Waals surface area (Å²) in [6.45, 7) is 2.23. The molecule has 0 saturated heterocycles. The summed E-state index contributed by atoms with van der Waals surface area (Å²) in [7, 11) is 0. The molecule has 1 amide bonds. The van der Waals surface area contributed by atoms with Crippen molar-refractivity contribution < 1.29 is 22.8 Å². The number of nitrogens with zero attached hydrogens (tertiary/aromatic N) is 2. The molecule has 1 N–H and O–H groups in total. The number of pyridine rings is 2. The van der Waals surface area contributed by atoms with E-state index >= 15 is 0 Å². The number of nitrogens with one attached hydrogen (secondary N) is 1. The van der Waals surface area contributed by atoms with Crippen LogP contribution in [-0.4, -0.2) is 21.7 Å². The first kappa shape index (κ1) is 22.3. The van der Waals surface area contributed by atoms with Crippen molar-refractivity contribution in [2.24, 2.45) is 0 Å². The van der Waals surface area contributed by atoms with E-state index in [9.17, 15) is 22.8 Å². The topological polar surface area (TPSA) is 72.0 Å². The summed E-state index contributed by atoms with van der Waals surface area (Å²) in [5.74, 6) is -4.00. The van der Waals surface area contributed by atoms with Crippen LogP contribution in [0, 0.1) is 12.7 Å². The van der Waals surface area contributed by atoms with Crippen LogP contribution < -0.4 is 5.32 Å². The number of amides is 1. The number of carbonyl (C=O) groups excluding carboxylic acids is 2. The Morgan fingerprint density at radius 2 is 1.88 bits per heavy atom. The van der Waals surface area contributed by atoms with Crippen molar-refractivity contribution in [1.29, 1.82) is 0 Å². The molecule has 2 aromatic heterocycles. The molecule has 5 nitrogen and oxygen atoms in total. The maximum atomic E-state index is 14.8. The summed E-state index contributed by atoms with van der Waals surface area (Å²) < 4.78 is 42.3. The molecule has 8 heteroatoms. The number of hydrogen-bond donors (Lipinski definition) is 1. The van der Waals surface area contributed by atoms with Crippen LogP contribution in [0.25, 0.3) is 11.1 Å². The Balaban J connectivity index is 1.32. The lowest BCUT2D eigenvalue weighted by Crippen LogP contribution is -2.17. The molecule has 1 saturated carbocycles. The van der Waals surface area contributed by atoms with E-state index in [1.165, 1.54) is 31.3 Å². The Bertz CT molecular complexity index is 1340. The van der Waals surface area contributed by atoms with E-state index in [2.05, 4.69) is 15.3 Å². The van der Waals surface area contributed by atoms with Gasteiger partial charge in [-0.15, -0.1) is 0 Å². The number of hydrogen-bond acceptors (Lipinski definition) is 4. The Kier molecular flexibility index (Phi) is 5.07. The van der Waals surface area contributed by atoms with Crippen LogP contribution in [-0.2, 0) is 33.8 Å². The number of carbonyl (C=O) groups is 2. The lowest BCUT2D eigenvalue weighted by molar-refractivity contribution is -0.120. The van der Waals surface area contributed by atoms with Gasteiger partial charge in [0.05, 0.1) is 29.4 Å². The fourth-order valence-corrected chi connectivity index (χ4v) is 4.65. The first-order chi connectivity index (χ1) is 16.1. The van der Waals surface area contributed by atoms with Crippen LogP contribution in [0.5, 0.6) is 0 Å². The van der Waals surface area contributed by atoms with Gasteiger partial charge in [0, 0.05) is 36.4 Å². The number of aromatic nitrogens is 2. The first-order valence-corrected chi connectivity index (χ1v) is 11.0. The third-order valence-electron chi connectivity index (χ3n) is 6.68. The average Bonchev–Trinajstić information content (AvgIpc) is 3.53. The minimum absolute atomic E-state index is 0.122. The first-order valence-electron chi connectivity index (χ1n) is 11.0. The van der Waals surface area contributed by atoms with E-state index in [1.807, 2.05) is 6.07 Å². The Labute approximate surface area is 194 Å². The molecule has 2 heterocycles. The molecule has 2 aliphatic carbocycles. The zero-order valence-corrected chi connectivity index (χ0v) is 18.7. The number of Topliss-reactive ketones (excluding diaryl/α,β-unsaturated/α-hetero) is 1. The second kappa shape index (κ2) is 7.75. The highest BCUT2D eigenvalue weighted by Crippen LogP contribution is 2.54. The van der Waals surface area contributed by atoms with Crippen LogP contribution in [0.3, 0.4) is 0 Å². The Morgan fingerprint density at radius 3 is 2.56 bits per heavy atom. The molecule has 2 aliphatic rings. The number of halogens is 3. The second-order valence-corrected chi connectivity index (χ2v) is 9.18. The number of alkyl halides is 2. The number of benzene rings is 1. The van der Waals surface area contributed by atoms with Gasteiger partial charge in [0.25, 0.3) is 5.92 Å². The third kappa shape index (κ3) is 3.87.